The predicted molar refractivity (Wildman–Crippen MR) is 143 cm³/mol. The number of fused-ring (bicyclic) bond motifs is 6. The minimum absolute atomic E-state index is 0.0506. The van der Waals surface area contributed by atoms with Gasteiger partial charge in [-0.15, -0.1) is 0 Å². The number of ketones is 1. The number of benzene rings is 3. The molecular weight excluding hydrogens is 460 g/mol. The van der Waals surface area contributed by atoms with Crippen molar-refractivity contribution in [2.24, 2.45) is 5.92 Å². The van der Waals surface area contributed by atoms with Crippen LogP contribution < -0.4 is 0 Å². The first-order chi connectivity index (χ1) is 18.2. The van der Waals surface area contributed by atoms with E-state index in [4.69, 9.17) is 4.74 Å². The quantitative estimate of drug-likeness (QED) is 0.303. The molecule has 4 aromatic rings. The van der Waals surface area contributed by atoms with E-state index in [9.17, 15) is 9.59 Å². The molecule has 2 fully saturated rings. The average Bonchev–Trinajstić information content (AvgIpc) is 3.41. The van der Waals surface area contributed by atoms with Crippen molar-refractivity contribution < 1.29 is 14.3 Å². The number of nitrogens with zero attached hydrogens (tertiary/aromatic N) is 2. The maximum absolute atomic E-state index is 13.4. The second kappa shape index (κ2) is 8.84. The third-order valence-electron chi connectivity index (χ3n) is 8.54. The van der Waals surface area contributed by atoms with Gasteiger partial charge in [-0.05, 0) is 60.1 Å². The predicted octanol–water partition coefficient (Wildman–Crippen LogP) is 6.61. The molecule has 3 aliphatic rings. The molecule has 1 aromatic heterocycles. The van der Waals surface area contributed by atoms with Crippen LogP contribution in [0.1, 0.15) is 53.1 Å². The van der Waals surface area contributed by atoms with Gasteiger partial charge in [0.15, 0.2) is 5.78 Å². The Morgan fingerprint density at radius 2 is 1.51 bits per heavy atom. The molecule has 1 amide bonds. The summed E-state index contributed by atoms with van der Waals surface area (Å²) in [7, 11) is 0. The van der Waals surface area contributed by atoms with E-state index >= 15 is 0 Å². The van der Waals surface area contributed by atoms with Crippen LogP contribution in [0.2, 0.25) is 0 Å². The van der Waals surface area contributed by atoms with Gasteiger partial charge in [-0.25, -0.2) is 4.79 Å². The molecule has 3 heterocycles. The second-order valence-electron chi connectivity index (χ2n) is 10.5. The van der Waals surface area contributed by atoms with Crippen molar-refractivity contribution >= 4 is 22.8 Å². The maximum atomic E-state index is 13.4. The van der Waals surface area contributed by atoms with Gasteiger partial charge < -0.3 is 9.64 Å². The number of amides is 1. The standard InChI is InChI=1S/C32H28N2O3/c35-31(21-12-11-20-6-5-15-33-30(20)18-21)22-16-23-13-14-24(17-22)34(23)32(36)37-19-29-27-9-3-1-7-25(27)26-8-2-4-10-28(26)29/h1-12,15,18,22-24,29H,13-14,16-17,19H2. The zero-order valence-corrected chi connectivity index (χ0v) is 20.5. The average molecular weight is 489 g/mol. The van der Waals surface area contributed by atoms with Gasteiger partial charge in [0.2, 0.25) is 0 Å². The number of hydrogen-bond donors (Lipinski definition) is 0. The fraction of sp³-hybridized carbons (Fsp3) is 0.281. The first-order valence-corrected chi connectivity index (χ1v) is 13.2. The molecule has 37 heavy (non-hydrogen) atoms. The number of carbonyl (C=O) groups excluding carboxylic acids is 2. The first-order valence-electron chi connectivity index (χ1n) is 13.2. The lowest BCUT2D eigenvalue weighted by Crippen LogP contribution is -2.48. The number of aromatic nitrogens is 1. The summed E-state index contributed by atoms with van der Waals surface area (Å²) in [5, 5.41) is 1.03. The van der Waals surface area contributed by atoms with Crippen molar-refractivity contribution in [2.45, 2.75) is 43.7 Å². The molecule has 2 bridgehead atoms. The lowest BCUT2D eigenvalue weighted by molar-refractivity contribution is 0.0506. The normalized spacial score (nSPS) is 22.1. The monoisotopic (exact) mass is 488 g/mol. The molecule has 2 saturated heterocycles. The third kappa shape index (κ3) is 3.72. The molecule has 0 N–H and O–H groups in total. The van der Waals surface area contributed by atoms with Gasteiger partial charge in [0.25, 0.3) is 0 Å². The van der Waals surface area contributed by atoms with E-state index in [1.54, 1.807) is 6.20 Å². The van der Waals surface area contributed by atoms with Crippen LogP contribution in [0.5, 0.6) is 0 Å². The van der Waals surface area contributed by atoms with Crippen LogP contribution in [0.15, 0.2) is 85.1 Å². The van der Waals surface area contributed by atoms with E-state index in [2.05, 4.69) is 41.4 Å². The number of Topliss-reactive ketones (excluding diaryl/α,β-unsaturated/α-hetero) is 1. The Morgan fingerprint density at radius 1 is 0.838 bits per heavy atom. The SMILES string of the molecule is O=C(c1ccc2cccnc2c1)C1CC2CCC(C1)N2C(=O)OCC1c2ccccc2-c2ccccc21. The lowest BCUT2D eigenvalue weighted by atomic mass is 9.84. The highest BCUT2D eigenvalue weighted by Crippen LogP contribution is 2.45. The summed E-state index contributed by atoms with van der Waals surface area (Å²) in [4.78, 5) is 33.1. The number of pyridine rings is 1. The van der Waals surface area contributed by atoms with Crippen LogP contribution in [0.25, 0.3) is 22.0 Å². The molecule has 2 unspecified atom stereocenters. The highest BCUT2D eigenvalue weighted by atomic mass is 16.6. The molecule has 5 nitrogen and oxygen atoms in total. The van der Waals surface area contributed by atoms with E-state index in [1.807, 2.05) is 47.4 Å². The molecule has 2 atom stereocenters. The van der Waals surface area contributed by atoms with Crippen molar-refractivity contribution in [3.63, 3.8) is 0 Å². The Labute approximate surface area is 216 Å². The molecule has 0 radical (unpaired) electrons. The molecule has 3 aromatic carbocycles. The third-order valence-corrected chi connectivity index (χ3v) is 8.54. The van der Waals surface area contributed by atoms with E-state index in [1.165, 1.54) is 22.3 Å². The molecule has 184 valence electrons. The van der Waals surface area contributed by atoms with Crippen molar-refractivity contribution in [1.29, 1.82) is 0 Å². The lowest BCUT2D eigenvalue weighted by Gasteiger charge is -2.37. The van der Waals surface area contributed by atoms with Gasteiger partial charge in [0.1, 0.15) is 6.61 Å². The van der Waals surface area contributed by atoms with Gasteiger partial charge in [0, 0.05) is 41.1 Å². The highest BCUT2D eigenvalue weighted by molar-refractivity contribution is 6.01. The summed E-state index contributed by atoms with van der Waals surface area (Å²) >= 11 is 0. The highest BCUT2D eigenvalue weighted by Gasteiger charge is 2.46. The van der Waals surface area contributed by atoms with E-state index in [0.717, 1.165) is 23.7 Å². The van der Waals surface area contributed by atoms with Gasteiger partial charge in [-0.1, -0.05) is 66.7 Å². The summed E-state index contributed by atoms with van der Waals surface area (Å²) < 4.78 is 5.98. The first kappa shape index (κ1) is 22.2. The Morgan fingerprint density at radius 3 is 2.22 bits per heavy atom. The van der Waals surface area contributed by atoms with E-state index in [0.29, 0.717) is 25.0 Å². The number of hydrogen-bond acceptors (Lipinski definition) is 4. The summed E-state index contributed by atoms with van der Waals surface area (Å²) in [5.41, 5.74) is 6.43. The molecule has 1 aliphatic carbocycles. The van der Waals surface area contributed by atoms with Crippen LogP contribution in [0, 0.1) is 5.92 Å². The minimum atomic E-state index is -0.241. The van der Waals surface area contributed by atoms with Crippen molar-refractivity contribution in [3.8, 4) is 11.1 Å². The van der Waals surface area contributed by atoms with Gasteiger partial charge in [0.05, 0.1) is 5.52 Å². The number of piperidine rings is 1. The Kier molecular flexibility index (Phi) is 5.31. The summed E-state index contributed by atoms with van der Waals surface area (Å²) in [6.45, 7) is 0.329. The summed E-state index contributed by atoms with van der Waals surface area (Å²) in [5.74, 6) is 0.141. The van der Waals surface area contributed by atoms with Crippen LogP contribution in [-0.4, -0.2) is 40.5 Å². The zero-order chi connectivity index (χ0) is 24.9. The Bertz CT molecular complexity index is 1470. The van der Waals surface area contributed by atoms with Gasteiger partial charge in [-0.2, -0.15) is 0 Å². The van der Waals surface area contributed by atoms with Crippen LogP contribution in [0.4, 0.5) is 4.79 Å². The molecule has 0 saturated carbocycles. The Balaban J connectivity index is 1.05. The van der Waals surface area contributed by atoms with Crippen molar-refractivity contribution in [2.75, 3.05) is 6.61 Å². The second-order valence-corrected chi connectivity index (χ2v) is 10.5. The molecule has 2 aliphatic heterocycles. The molecule has 0 spiro atoms. The summed E-state index contributed by atoms with van der Waals surface area (Å²) in [6.07, 6.45) is 4.76. The fourth-order valence-electron chi connectivity index (χ4n) is 6.81. The smallest absolute Gasteiger partial charge is 0.410 e. The number of carbonyl (C=O) groups is 2. The number of rotatable bonds is 4. The van der Waals surface area contributed by atoms with Gasteiger partial charge in [-0.3, -0.25) is 9.78 Å². The van der Waals surface area contributed by atoms with Crippen LogP contribution in [0.3, 0.4) is 0 Å². The van der Waals surface area contributed by atoms with Crippen LogP contribution >= 0.6 is 0 Å². The largest absolute Gasteiger partial charge is 0.448 e. The Hall–Kier alpha value is -3.99. The summed E-state index contributed by atoms with van der Waals surface area (Å²) in [6, 6.07) is 26.6. The molecule has 5 heteroatoms. The fourth-order valence-corrected chi connectivity index (χ4v) is 6.81. The van der Waals surface area contributed by atoms with Crippen molar-refractivity contribution in [3.05, 3.63) is 102 Å². The van der Waals surface area contributed by atoms with E-state index < -0.39 is 0 Å². The number of ether oxygens (including phenoxy) is 1. The maximum Gasteiger partial charge on any atom is 0.410 e. The topological polar surface area (TPSA) is 59.5 Å². The van der Waals surface area contributed by atoms with E-state index in [-0.39, 0.29) is 35.8 Å². The molecule has 7 rings (SSSR count). The van der Waals surface area contributed by atoms with Crippen molar-refractivity contribution in [1.82, 2.24) is 9.88 Å². The minimum Gasteiger partial charge on any atom is -0.448 e. The molecular formula is C32H28N2O3. The zero-order valence-electron chi connectivity index (χ0n) is 20.5. The van der Waals surface area contributed by atoms with Gasteiger partial charge >= 0.3 is 6.09 Å². The van der Waals surface area contributed by atoms with Crippen LogP contribution in [-0.2, 0) is 4.74 Å².